The van der Waals surface area contributed by atoms with Gasteiger partial charge in [0.2, 0.25) is 0 Å². The third kappa shape index (κ3) is 4.55. The van der Waals surface area contributed by atoms with E-state index in [9.17, 15) is 13.2 Å². The van der Waals surface area contributed by atoms with Crippen molar-refractivity contribution in [3.05, 3.63) is 70.8 Å². The van der Waals surface area contributed by atoms with Gasteiger partial charge in [0.1, 0.15) is 11.5 Å². The molecule has 2 aromatic rings. The summed E-state index contributed by atoms with van der Waals surface area (Å²) in [7, 11) is 3.82. The van der Waals surface area contributed by atoms with Crippen molar-refractivity contribution >= 4 is 11.4 Å². The summed E-state index contributed by atoms with van der Waals surface area (Å²) in [4.78, 5) is 5.18. The van der Waals surface area contributed by atoms with Crippen LogP contribution in [-0.2, 0) is 13.0 Å². The molecule has 0 fully saturated rings. The molecular weight excluding hydrogens is 343 g/mol. The lowest BCUT2D eigenvalue weighted by atomic mass is 10.1. The molecule has 0 aliphatic heterocycles. The summed E-state index contributed by atoms with van der Waals surface area (Å²) in [5.41, 5.74) is 6.85. The molecule has 2 N–H and O–H groups in total. The number of halogens is 3. The van der Waals surface area contributed by atoms with E-state index < -0.39 is 18.3 Å². The van der Waals surface area contributed by atoms with Gasteiger partial charge in [-0.1, -0.05) is 24.3 Å². The summed E-state index contributed by atoms with van der Waals surface area (Å²) in [5, 5.41) is 0. The molecule has 0 bridgehead atoms. The van der Waals surface area contributed by atoms with Crippen LogP contribution in [0, 0.1) is 6.57 Å². The van der Waals surface area contributed by atoms with Gasteiger partial charge in [-0.15, -0.1) is 0 Å². The van der Waals surface area contributed by atoms with Gasteiger partial charge in [0, 0.05) is 18.5 Å². The summed E-state index contributed by atoms with van der Waals surface area (Å²) in [6.45, 7) is 7.75. The molecule has 2 aromatic carbocycles. The van der Waals surface area contributed by atoms with Gasteiger partial charge in [-0.3, -0.25) is 0 Å². The van der Waals surface area contributed by atoms with E-state index in [0.717, 1.165) is 5.56 Å². The summed E-state index contributed by atoms with van der Waals surface area (Å²) in [6.07, 6.45) is -3.19. The number of nitrogens with zero attached hydrogens (tertiary/aromatic N) is 2. The van der Waals surface area contributed by atoms with Gasteiger partial charge in [0.15, 0.2) is 11.5 Å². The molecule has 2 rings (SSSR count). The lowest BCUT2D eigenvalue weighted by Crippen LogP contribution is -2.11. The molecule has 0 aliphatic rings. The lowest BCUT2D eigenvalue weighted by Gasteiger charge is -2.17. The Morgan fingerprint density at radius 3 is 2.42 bits per heavy atom. The first-order valence-electron chi connectivity index (χ1n) is 7.72. The van der Waals surface area contributed by atoms with Crippen LogP contribution in [0.1, 0.15) is 11.1 Å². The minimum Gasteiger partial charge on any atom is -0.455 e. The number of hydrogen-bond donors (Lipinski definition) is 1. The summed E-state index contributed by atoms with van der Waals surface area (Å²) < 4.78 is 44.1. The number of nitrogens with two attached hydrogens (primary N) is 1. The number of benzene rings is 2. The van der Waals surface area contributed by atoms with Gasteiger partial charge in [-0.2, -0.15) is 8.78 Å². The number of para-hydroxylation sites is 1. The van der Waals surface area contributed by atoms with Crippen molar-refractivity contribution in [2.75, 3.05) is 19.8 Å². The highest BCUT2D eigenvalue weighted by molar-refractivity contribution is 5.71. The second-order valence-corrected chi connectivity index (χ2v) is 5.88. The molecule has 0 spiro atoms. The highest BCUT2D eigenvalue weighted by Crippen LogP contribution is 2.38. The van der Waals surface area contributed by atoms with E-state index in [-0.39, 0.29) is 22.7 Å². The van der Waals surface area contributed by atoms with Crippen molar-refractivity contribution in [3.8, 4) is 11.5 Å². The van der Waals surface area contributed by atoms with E-state index in [0.29, 0.717) is 12.3 Å². The Hall–Kier alpha value is -2.98. The van der Waals surface area contributed by atoms with Crippen molar-refractivity contribution in [2.45, 2.75) is 13.0 Å². The molecule has 0 aliphatic carbocycles. The van der Waals surface area contributed by atoms with Gasteiger partial charge in [0.05, 0.1) is 12.3 Å². The molecule has 0 amide bonds. The minimum absolute atomic E-state index is 0.00725. The Balaban J connectivity index is 2.44. The van der Waals surface area contributed by atoms with E-state index >= 15 is 0 Å². The Kier molecular flexibility index (Phi) is 6.26. The number of ether oxygens (including phenoxy) is 1. The second kappa shape index (κ2) is 8.41. The third-order valence-electron chi connectivity index (χ3n) is 3.63. The maximum Gasteiger partial charge on any atom is 0.301 e. The number of allylic oxidation sites excluding steroid dienone is 1. The van der Waals surface area contributed by atoms with E-state index in [1.807, 2.05) is 31.1 Å². The van der Waals surface area contributed by atoms with Crippen LogP contribution in [0.2, 0.25) is 0 Å². The molecular formula is C19H18F3N3O. The van der Waals surface area contributed by atoms with E-state index in [2.05, 4.69) is 4.85 Å². The molecule has 0 saturated heterocycles. The quantitative estimate of drug-likeness (QED) is 0.561. The smallest absolute Gasteiger partial charge is 0.301 e. The van der Waals surface area contributed by atoms with Crippen molar-refractivity contribution in [2.24, 2.45) is 0 Å². The molecule has 0 heterocycles. The SMILES string of the molecule is [C-]#[N+]c1ccc(Oc2ccccc2CN(C)C)c(N)c1CC(F)=C(F)F. The predicted octanol–water partition coefficient (Wildman–Crippen LogP) is 5.29. The van der Waals surface area contributed by atoms with E-state index in [4.69, 9.17) is 17.0 Å². The first-order valence-corrected chi connectivity index (χ1v) is 7.72. The van der Waals surface area contributed by atoms with Gasteiger partial charge in [-0.05, 0) is 31.8 Å². The van der Waals surface area contributed by atoms with Crippen molar-refractivity contribution < 1.29 is 17.9 Å². The average Bonchev–Trinajstić information content (AvgIpc) is 2.59. The lowest BCUT2D eigenvalue weighted by molar-refractivity contribution is 0.374. The summed E-state index contributed by atoms with van der Waals surface area (Å²) in [5.74, 6) is -0.889. The second-order valence-electron chi connectivity index (χ2n) is 5.88. The zero-order valence-electron chi connectivity index (χ0n) is 14.4. The molecule has 0 saturated carbocycles. The van der Waals surface area contributed by atoms with Crippen molar-refractivity contribution in [1.82, 2.24) is 4.90 Å². The molecule has 136 valence electrons. The van der Waals surface area contributed by atoms with Crippen LogP contribution < -0.4 is 10.5 Å². The van der Waals surface area contributed by atoms with Crippen LogP contribution >= 0.6 is 0 Å². The van der Waals surface area contributed by atoms with Crippen LogP contribution in [0.15, 0.2) is 48.3 Å². The van der Waals surface area contributed by atoms with Crippen LogP contribution in [0.25, 0.3) is 4.85 Å². The summed E-state index contributed by atoms with van der Waals surface area (Å²) in [6, 6.07) is 10.2. The largest absolute Gasteiger partial charge is 0.455 e. The molecule has 0 aromatic heterocycles. The fraction of sp³-hybridized carbons (Fsp3) is 0.211. The average molecular weight is 361 g/mol. The molecule has 4 nitrogen and oxygen atoms in total. The molecule has 0 radical (unpaired) electrons. The van der Waals surface area contributed by atoms with E-state index in [1.54, 1.807) is 12.1 Å². The Morgan fingerprint density at radius 2 is 1.81 bits per heavy atom. The molecule has 26 heavy (non-hydrogen) atoms. The van der Waals surface area contributed by atoms with Crippen LogP contribution in [0.3, 0.4) is 0 Å². The fourth-order valence-electron chi connectivity index (χ4n) is 2.43. The van der Waals surface area contributed by atoms with Crippen molar-refractivity contribution in [1.29, 1.82) is 0 Å². The number of nitrogen functional groups attached to an aromatic ring is 1. The predicted molar refractivity (Wildman–Crippen MR) is 95.1 cm³/mol. The van der Waals surface area contributed by atoms with Crippen LogP contribution in [-0.4, -0.2) is 19.0 Å². The van der Waals surface area contributed by atoms with Gasteiger partial charge in [0.25, 0.3) is 0 Å². The van der Waals surface area contributed by atoms with Gasteiger partial charge >= 0.3 is 6.08 Å². The zero-order valence-corrected chi connectivity index (χ0v) is 14.4. The van der Waals surface area contributed by atoms with Crippen LogP contribution in [0.5, 0.6) is 11.5 Å². The Labute approximate surface area is 150 Å². The normalized spacial score (nSPS) is 10.5. The Morgan fingerprint density at radius 1 is 1.12 bits per heavy atom. The number of hydrogen-bond acceptors (Lipinski definition) is 3. The van der Waals surface area contributed by atoms with Crippen molar-refractivity contribution in [3.63, 3.8) is 0 Å². The number of rotatable bonds is 6. The number of anilines is 1. The van der Waals surface area contributed by atoms with Gasteiger partial charge < -0.3 is 15.4 Å². The summed E-state index contributed by atoms with van der Waals surface area (Å²) >= 11 is 0. The zero-order chi connectivity index (χ0) is 19.3. The molecule has 0 atom stereocenters. The minimum atomic E-state index is -2.43. The topological polar surface area (TPSA) is 42.8 Å². The fourth-order valence-corrected chi connectivity index (χ4v) is 2.43. The Bertz CT molecular complexity index is 869. The van der Waals surface area contributed by atoms with Crippen LogP contribution in [0.4, 0.5) is 24.5 Å². The highest BCUT2D eigenvalue weighted by Gasteiger charge is 2.17. The maximum absolute atomic E-state index is 13.4. The third-order valence-corrected chi connectivity index (χ3v) is 3.63. The monoisotopic (exact) mass is 361 g/mol. The highest BCUT2D eigenvalue weighted by atomic mass is 19.3. The maximum atomic E-state index is 13.4. The first-order chi connectivity index (χ1) is 12.3. The van der Waals surface area contributed by atoms with E-state index in [1.165, 1.54) is 12.1 Å². The van der Waals surface area contributed by atoms with Gasteiger partial charge in [-0.25, -0.2) is 9.24 Å². The standard InChI is InChI=1S/C19H18F3N3O/c1-24-15-8-9-17(18(23)13(15)10-14(20)19(21)22)26-16-7-5-4-6-12(16)11-25(2)3/h4-9H,10-11,23H2,2-3H3. The molecule has 7 heteroatoms. The molecule has 0 unspecified atom stereocenters. The first kappa shape index (κ1) is 19.3.